The molecule has 0 bridgehead atoms. The summed E-state index contributed by atoms with van der Waals surface area (Å²) in [5, 5.41) is 2.83. The van der Waals surface area contributed by atoms with Crippen LogP contribution in [-0.2, 0) is 16.9 Å². The summed E-state index contributed by atoms with van der Waals surface area (Å²) in [5.74, 6) is 0.894. The molecule has 4 rings (SSSR count). The monoisotopic (exact) mass is 433 g/mol. The first-order valence-corrected chi connectivity index (χ1v) is 9.99. The highest BCUT2D eigenvalue weighted by atomic mass is 16.5. The number of hydrogen-bond donors (Lipinski definition) is 2. The molecule has 1 atom stereocenters. The summed E-state index contributed by atoms with van der Waals surface area (Å²) in [6.45, 7) is 2.12. The van der Waals surface area contributed by atoms with Gasteiger partial charge in [-0.25, -0.2) is 9.98 Å². The zero-order valence-corrected chi connectivity index (χ0v) is 17.7. The lowest BCUT2D eigenvalue weighted by Crippen LogP contribution is -2.47. The molecule has 1 aliphatic rings. The van der Waals surface area contributed by atoms with Gasteiger partial charge in [-0.15, -0.1) is 0 Å². The van der Waals surface area contributed by atoms with Crippen molar-refractivity contribution in [3.05, 3.63) is 78.0 Å². The molecule has 2 amide bonds. The van der Waals surface area contributed by atoms with E-state index in [2.05, 4.69) is 15.3 Å². The van der Waals surface area contributed by atoms with E-state index in [1.165, 1.54) is 11.1 Å². The molecule has 0 radical (unpaired) electrons. The molecule has 1 aromatic carbocycles. The van der Waals surface area contributed by atoms with Crippen molar-refractivity contribution in [3.8, 4) is 5.75 Å². The molecule has 0 saturated carbocycles. The Bertz CT molecular complexity index is 1160. The lowest BCUT2D eigenvalue weighted by molar-refractivity contribution is -0.128. The van der Waals surface area contributed by atoms with Crippen molar-refractivity contribution in [3.63, 3.8) is 0 Å². The number of guanidine groups is 1. The number of carbonyl (C=O) groups excluding carboxylic acids is 2. The Labute approximate surface area is 184 Å². The highest BCUT2D eigenvalue weighted by molar-refractivity contribution is 6.03. The maximum atomic E-state index is 12.6. The minimum Gasteiger partial charge on any atom is -0.484 e. The summed E-state index contributed by atoms with van der Waals surface area (Å²) >= 11 is 0. The van der Waals surface area contributed by atoms with Gasteiger partial charge in [0.05, 0.1) is 24.4 Å². The van der Waals surface area contributed by atoms with Gasteiger partial charge in [-0.05, 0) is 48.9 Å². The van der Waals surface area contributed by atoms with Crippen molar-refractivity contribution in [1.82, 2.24) is 9.88 Å². The first-order chi connectivity index (χ1) is 15.3. The van der Waals surface area contributed by atoms with E-state index in [1.54, 1.807) is 49.7 Å². The van der Waals surface area contributed by atoms with Crippen LogP contribution in [0.1, 0.15) is 35.2 Å². The molecule has 2 aromatic heterocycles. The molecule has 9 heteroatoms. The molecule has 3 aromatic rings. The quantitative estimate of drug-likeness (QED) is 0.616. The molecule has 1 unspecified atom stereocenters. The van der Waals surface area contributed by atoms with Crippen LogP contribution in [0.15, 0.2) is 70.4 Å². The van der Waals surface area contributed by atoms with Gasteiger partial charge in [0.2, 0.25) is 5.91 Å². The van der Waals surface area contributed by atoms with Crippen LogP contribution >= 0.6 is 0 Å². The molecule has 3 N–H and O–H groups in total. The normalized spacial score (nSPS) is 18.2. The molecule has 9 nitrogen and oxygen atoms in total. The fourth-order valence-corrected chi connectivity index (χ4v) is 3.35. The third-order valence-corrected chi connectivity index (χ3v) is 5.25. The number of hydrogen-bond acceptors (Lipinski definition) is 7. The second-order valence-corrected chi connectivity index (χ2v) is 7.66. The Morgan fingerprint density at radius 1 is 1.28 bits per heavy atom. The van der Waals surface area contributed by atoms with Crippen molar-refractivity contribution >= 4 is 23.5 Å². The van der Waals surface area contributed by atoms with E-state index in [1.807, 2.05) is 19.1 Å². The van der Waals surface area contributed by atoms with Crippen LogP contribution in [0.4, 0.5) is 5.69 Å². The third-order valence-electron chi connectivity index (χ3n) is 5.25. The fourth-order valence-electron chi connectivity index (χ4n) is 3.35. The van der Waals surface area contributed by atoms with E-state index in [9.17, 15) is 9.59 Å². The number of amides is 2. The number of furan rings is 1. The van der Waals surface area contributed by atoms with E-state index in [-0.39, 0.29) is 36.5 Å². The number of nitrogens with two attached hydrogens (primary N) is 1. The number of carbonyl (C=O) groups is 2. The van der Waals surface area contributed by atoms with Crippen molar-refractivity contribution in [1.29, 1.82) is 0 Å². The molecule has 0 saturated heterocycles. The molecular weight excluding hydrogens is 410 g/mol. The van der Waals surface area contributed by atoms with Gasteiger partial charge in [0, 0.05) is 12.7 Å². The summed E-state index contributed by atoms with van der Waals surface area (Å²) in [4.78, 5) is 34.9. The zero-order valence-electron chi connectivity index (χ0n) is 17.7. The number of benzene rings is 1. The number of pyridine rings is 1. The predicted octanol–water partition coefficient (Wildman–Crippen LogP) is 2.90. The smallest absolute Gasteiger partial charge is 0.274 e. The lowest BCUT2D eigenvalue weighted by Gasteiger charge is -2.33. The molecule has 0 spiro atoms. The number of anilines is 1. The van der Waals surface area contributed by atoms with Crippen molar-refractivity contribution < 1.29 is 18.7 Å². The van der Waals surface area contributed by atoms with Gasteiger partial charge in [-0.2, -0.15) is 0 Å². The van der Waals surface area contributed by atoms with Crippen LogP contribution in [0.25, 0.3) is 0 Å². The number of ether oxygens (including phenoxy) is 1. The number of aromatic nitrogens is 1. The van der Waals surface area contributed by atoms with Gasteiger partial charge in [0.25, 0.3) is 5.91 Å². The van der Waals surface area contributed by atoms with Gasteiger partial charge in [-0.3, -0.25) is 14.5 Å². The van der Waals surface area contributed by atoms with Crippen LogP contribution in [0.2, 0.25) is 0 Å². The Morgan fingerprint density at radius 2 is 2.12 bits per heavy atom. The predicted molar refractivity (Wildman–Crippen MR) is 118 cm³/mol. The van der Waals surface area contributed by atoms with E-state index < -0.39 is 5.54 Å². The van der Waals surface area contributed by atoms with Crippen LogP contribution in [0.5, 0.6) is 5.75 Å². The average Bonchev–Trinajstić information content (AvgIpc) is 3.30. The SMILES string of the molecule is CN1C(=O)CC(C)(c2cccc(NC(=O)c3ccc(OCc4ccco4)cn3)c2)N=C1N. The number of nitrogens with one attached hydrogen (secondary N) is 1. The first kappa shape index (κ1) is 21.1. The molecular formula is C23H23N5O4. The number of aliphatic imine (C=N–C) groups is 1. The number of rotatable bonds is 6. The van der Waals surface area contributed by atoms with Gasteiger partial charge in [0.15, 0.2) is 5.96 Å². The van der Waals surface area contributed by atoms with Crippen LogP contribution < -0.4 is 15.8 Å². The second-order valence-electron chi connectivity index (χ2n) is 7.66. The molecule has 0 fully saturated rings. The van der Waals surface area contributed by atoms with E-state index in [4.69, 9.17) is 14.9 Å². The van der Waals surface area contributed by atoms with E-state index in [0.717, 1.165) is 5.56 Å². The van der Waals surface area contributed by atoms with Crippen LogP contribution in [0.3, 0.4) is 0 Å². The van der Waals surface area contributed by atoms with Gasteiger partial charge in [-0.1, -0.05) is 12.1 Å². The van der Waals surface area contributed by atoms with Gasteiger partial charge < -0.3 is 20.2 Å². The van der Waals surface area contributed by atoms with Crippen molar-refractivity contribution in [2.45, 2.75) is 25.5 Å². The summed E-state index contributed by atoms with van der Waals surface area (Å²) in [6, 6.07) is 14.0. The van der Waals surface area contributed by atoms with E-state index in [0.29, 0.717) is 17.2 Å². The maximum Gasteiger partial charge on any atom is 0.274 e. The highest BCUT2D eigenvalue weighted by Crippen LogP contribution is 2.34. The molecule has 164 valence electrons. The molecule has 3 heterocycles. The molecule has 1 aliphatic heterocycles. The Balaban J connectivity index is 1.44. The topological polar surface area (TPSA) is 123 Å². The van der Waals surface area contributed by atoms with Crippen LogP contribution in [-0.4, -0.2) is 34.7 Å². The van der Waals surface area contributed by atoms with Gasteiger partial charge >= 0.3 is 0 Å². The van der Waals surface area contributed by atoms with Crippen molar-refractivity contribution in [2.75, 3.05) is 12.4 Å². The summed E-state index contributed by atoms with van der Waals surface area (Å²) in [5.41, 5.74) is 6.67. The standard InChI is InChI=1S/C23H23N5O4/c1-23(12-20(29)28(2)22(24)27-23)15-5-3-6-16(11-15)26-21(30)19-9-8-17(13-25-19)32-14-18-7-4-10-31-18/h3-11,13H,12,14H2,1-2H3,(H2,24,27)(H,26,30). The zero-order chi connectivity index (χ0) is 22.7. The Morgan fingerprint density at radius 3 is 2.81 bits per heavy atom. The fraction of sp³-hybridized carbons (Fsp3) is 0.217. The number of nitrogens with zero attached hydrogens (tertiary/aromatic N) is 3. The largest absolute Gasteiger partial charge is 0.484 e. The minimum atomic E-state index is -0.806. The Hall–Kier alpha value is -4.14. The first-order valence-electron chi connectivity index (χ1n) is 9.99. The summed E-state index contributed by atoms with van der Waals surface area (Å²) in [6.07, 6.45) is 3.24. The maximum absolute atomic E-state index is 12.6. The summed E-state index contributed by atoms with van der Waals surface area (Å²) < 4.78 is 10.8. The highest BCUT2D eigenvalue weighted by Gasteiger charge is 2.36. The average molecular weight is 433 g/mol. The van der Waals surface area contributed by atoms with Crippen LogP contribution in [0, 0.1) is 0 Å². The van der Waals surface area contributed by atoms with E-state index >= 15 is 0 Å². The molecule has 0 aliphatic carbocycles. The minimum absolute atomic E-state index is 0.118. The second kappa shape index (κ2) is 8.54. The third kappa shape index (κ3) is 4.46. The Kier molecular flexibility index (Phi) is 5.63. The van der Waals surface area contributed by atoms with Gasteiger partial charge in [0.1, 0.15) is 23.8 Å². The van der Waals surface area contributed by atoms with Crippen molar-refractivity contribution in [2.24, 2.45) is 10.7 Å². The molecule has 32 heavy (non-hydrogen) atoms. The lowest BCUT2D eigenvalue weighted by atomic mass is 9.87. The summed E-state index contributed by atoms with van der Waals surface area (Å²) in [7, 11) is 1.59.